The highest BCUT2D eigenvalue weighted by Crippen LogP contribution is 2.22. The Bertz CT molecular complexity index is 507. The zero-order chi connectivity index (χ0) is 13.9. The van der Waals surface area contributed by atoms with Crippen LogP contribution >= 0.6 is 0 Å². The fourth-order valence-electron chi connectivity index (χ4n) is 2.68. The van der Waals surface area contributed by atoms with E-state index in [0.717, 1.165) is 13.0 Å². The standard InChI is InChI=1S/C13H17N5O2/c19-11-9-17(7-5-14-11)12(20)10-2-6-18(8-10)13-15-3-1-4-16-13/h1,3-4,10H,2,5-9H2,(H,14,19). The molecule has 1 aromatic rings. The molecule has 1 atom stereocenters. The molecule has 3 rings (SSSR count). The molecule has 0 bridgehead atoms. The largest absolute Gasteiger partial charge is 0.353 e. The third-order valence-corrected chi connectivity index (χ3v) is 3.72. The summed E-state index contributed by atoms with van der Waals surface area (Å²) in [7, 11) is 0. The van der Waals surface area contributed by atoms with Crippen molar-refractivity contribution in [3.8, 4) is 0 Å². The van der Waals surface area contributed by atoms with Crippen LogP contribution in [-0.2, 0) is 9.59 Å². The molecule has 2 fully saturated rings. The van der Waals surface area contributed by atoms with Crippen LogP contribution in [0.1, 0.15) is 6.42 Å². The first-order chi connectivity index (χ1) is 9.74. The molecule has 2 aliphatic heterocycles. The molecule has 0 saturated carbocycles. The lowest BCUT2D eigenvalue weighted by atomic mass is 10.1. The van der Waals surface area contributed by atoms with E-state index in [9.17, 15) is 9.59 Å². The molecule has 3 heterocycles. The van der Waals surface area contributed by atoms with E-state index in [2.05, 4.69) is 15.3 Å². The van der Waals surface area contributed by atoms with Gasteiger partial charge in [0.1, 0.15) is 0 Å². The van der Waals surface area contributed by atoms with Crippen molar-refractivity contribution >= 4 is 17.8 Å². The topological polar surface area (TPSA) is 78.4 Å². The molecule has 7 heteroatoms. The Morgan fingerprint density at radius 3 is 2.85 bits per heavy atom. The van der Waals surface area contributed by atoms with E-state index in [1.807, 2.05) is 4.90 Å². The molecular formula is C13H17N5O2. The predicted octanol–water partition coefficient (Wildman–Crippen LogP) is -0.739. The highest BCUT2D eigenvalue weighted by molar-refractivity contribution is 5.87. The Kier molecular flexibility index (Phi) is 3.49. The molecule has 1 aromatic heterocycles. The normalized spacial score (nSPS) is 22.8. The second-order valence-corrected chi connectivity index (χ2v) is 5.09. The van der Waals surface area contributed by atoms with Gasteiger partial charge < -0.3 is 15.1 Å². The predicted molar refractivity (Wildman–Crippen MR) is 71.9 cm³/mol. The lowest BCUT2D eigenvalue weighted by molar-refractivity contribution is -0.140. The number of carbonyl (C=O) groups is 2. The molecular weight excluding hydrogens is 258 g/mol. The fraction of sp³-hybridized carbons (Fsp3) is 0.538. The van der Waals surface area contributed by atoms with Crippen LogP contribution in [0.2, 0.25) is 0 Å². The summed E-state index contributed by atoms with van der Waals surface area (Å²) < 4.78 is 0. The lowest BCUT2D eigenvalue weighted by Gasteiger charge is -2.28. The molecule has 2 aliphatic rings. The van der Waals surface area contributed by atoms with Gasteiger partial charge in [0, 0.05) is 38.6 Å². The average molecular weight is 275 g/mol. The lowest BCUT2D eigenvalue weighted by Crippen LogP contribution is -2.51. The summed E-state index contributed by atoms with van der Waals surface area (Å²) in [5, 5.41) is 2.73. The quantitative estimate of drug-likeness (QED) is 0.769. The van der Waals surface area contributed by atoms with Gasteiger partial charge in [-0.05, 0) is 12.5 Å². The van der Waals surface area contributed by atoms with Crippen molar-refractivity contribution in [2.45, 2.75) is 6.42 Å². The first-order valence-electron chi connectivity index (χ1n) is 6.81. The maximum atomic E-state index is 12.4. The van der Waals surface area contributed by atoms with E-state index in [-0.39, 0.29) is 24.3 Å². The summed E-state index contributed by atoms with van der Waals surface area (Å²) in [6.07, 6.45) is 4.19. The molecule has 0 aliphatic carbocycles. The summed E-state index contributed by atoms with van der Waals surface area (Å²) in [5.41, 5.74) is 0. The van der Waals surface area contributed by atoms with Gasteiger partial charge in [-0.1, -0.05) is 0 Å². The van der Waals surface area contributed by atoms with Crippen molar-refractivity contribution in [1.82, 2.24) is 20.2 Å². The molecule has 2 saturated heterocycles. The van der Waals surface area contributed by atoms with Gasteiger partial charge >= 0.3 is 0 Å². The Hall–Kier alpha value is -2.18. The van der Waals surface area contributed by atoms with Crippen LogP contribution < -0.4 is 10.2 Å². The molecule has 0 spiro atoms. The van der Waals surface area contributed by atoms with Crippen molar-refractivity contribution in [3.05, 3.63) is 18.5 Å². The highest BCUT2D eigenvalue weighted by Gasteiger charge is 2.33. The number of piperazine rings is 1. The van der Waals surface area contributed by atoms with E-state index in [4.69, 9.17) is 0 Å². The van der Waals surface area contributed by atoms with Gasteiger partial charge in [0.05, 0.1) is 12.5 Å². The number of rotatable bonds is 2. The van der Waals surface area contributed by atoms with E-state index in [1.165, 1.54) is 0 Å². The summed E-state index contributed by atoms with van der Waals surface area (Å²) >= 11 is 0. The third kappa shape index (κ3) is 2.56. The first kappa shape index (κ1) is 12.8. The number of anilines is 1. The minimum Gasteiger partial charge on any atom is -0.353 e. The molecule has 7 nitrogen and oxygen atoms in total. The molecule has 20 heavy (non-hydrogen) atoms. The smallest absolute Gasteiger partial charge is 0.239 e. The highest BCUT2D eigenvalue weighted by atomic mass is 16.2. The zero-order valence-electron chi connectivity index (χ0n) is 11.2. The van der Waals surface area contributed by atoms with Crippen molar-refractivity contribution < 1.29 is 9.59 Å². The molecule has 106 valence electrons. The Balaban J connectivity index is 1.62. The summed E-state index contributed by atoms with van der Waals surface area (Å²) in [4.78, 5) is 35.8. The van der Waals surface area contributed by atoms with Crippen LogP contribution in [0.25, 0.3) is 0 Å². The maximum absolute atomic E-state index is 12.4. The molecule has 1 unspecified atom stereocenters. The minimum absolute atomic E-state index is 0.0651. The summed E-state index contributed by atoms with van der Waals surface area (Å²) in [6, 6.07) is 1.77. The third-order valence-electron chi connectivity index (χ3n) is 3.72. The number of aromatic nitrogens is 2. The van der Waals surface area contributed by atoms with Crippen LogP contribution in [0, 0.1) is 5.92 Å². The number of hydrogen-bond donors (Lipinski definition) is 1. The van der Waals surface area contributed by atoms with E-state index >= 15 is 0 Å². The van der Waals surface area contributed by atoms with E-state index < -0.39 is 0 Å². The van der Waals surface area contributed by atoms with Crippen molar-refractivity contribution in [1.29, 1.82) is 0 Å². The Morgan fingerprint density at radius 2 is 2.10 bits per heavy atom. The zero-order valence-corrected chi connectivity index (χ0v) is 11.2. The van der Waals surface area contributed by atoms with Crippen LogP contribution in [0.15, 0.2) is 18.5 Å². The van der Waals surface area contributed by atoms with Crippen molar-refractivity contribution in [2.24, 2.45) is 5.92 Å². The molecule has 2 amide bonds. The van der Waals surface area contributed by atoms with Crippen LogP contribution in [-0.4, -0.2) is 59.4 Å². The summed E-state index contributed by atoms with van der Waals surface area (Å²) in [6.45, 7) is 2.73. The monoisotopic (exact) mass is 275 g/mol. The van der Waals surface area contributed by atoms with E-state index in [0.29, 0.717) is 25.6 Å². The average Bonchev–Trinajstić information content (AvgIpc) is 2.97. The van der Waals surface area contributed by atoms with Gasteiger partial charge in [-0.25, -0.2) is 9.97 Å². The van der Waals surface area contributed by atoms with Crippen LogP contribution in [0.3, 0.4) is 0 Å². The Morgan fingerprint density at radius 1 is 1.30 bits per heavy atom. The van der Waals surface area contributed by atoms with Gasteiger partial charge in [-0.3, -0.25) is 9.59 Å². The number of hydrogen-bond acceptors (Lipinski definition) is 5. The van der Waals surface area contributed by atoms with Gasteiger partial charge in [-0.2, -0.15) is 0 Å². The van der Waals surface area contributed by atoms with Crippen LogP contribution in [0.4, 0.5) is 5.95 Å². The second kappa shape index (κ2) is 5.44. The van der Waals surface area contributed by atoms with Gasteiger partial charge in [-0.15, -0.1) is 0 Å². The fourth-order valence-corrected chi connectivity index (χ4v) is 2.68. The molecule has 0 radical (unpaired) electrons. The Labute approximate surface area is 117 Å². The van der Waals surface area contributed by atoms with Gasteiger partial charge in [0.25, 0.3) is 0 Å². The first-order valence-corrected chi connectivity index (χ1v) is 6.81. The molecule has 0 aromatic carbocycles. The van der Waals surface area contributed by atoms with Crippen molar-refractivity contribution in [3.63, 3.8) is 0 Å². The number of carbonyl (C=O) groups excluding carboxylic acids is 2. The number of amides is 2. The van der Waals surface area contributed by atoms with Crippen LogP contribution in [0.5, 0.6) is 0 Å². The molecule has 1 N–H and O–H groups in total. The second-order valence-electron chi connectivity index (χ2n) is 5.09. The minimum atomic E-state index is -0.0779. The number of nitrogens with one attached hydrogen (secondary N) is 1. The van der Waals surface area contributed by atoms with E-state index in [1.54, 1.807) is 23.4 Å². The summed E-state index contributed by atoms with van der Waals surface area (Å²) in [5.74, 6) is 0.591. The van der Waals surface area contributed by atoms with Crippen molar-refractivity contribution in [2.75, 3.05) is 37.6 Å². The number of nitrogens with zero attached hydrogens (tertiary/aromatic N) is 4. The maximum Gasteiger partial charge on any atom is 0.239 e. The van der Waals surface area contributed by atoms with Gasteiger partial charge in [0.2, 0.25) is 17.8 Å². The SMILES string of the molecule is O=C1CN(C(=O)C2CCN(c3ncccn3)C2)CCN1. The van der Waals surface area contributed by atoms with Gasteiger partial charge in [0.15, 0.2) is 0 Å².